The Kier molecular flexibility index (Phi) is 3.27. The molecule has 2 N–H and O–H groups in total. The van der Waals surface area contributed by atoms with Crippen LogP contribution in [0.4, 0.5) is 5.82 Å². The van der Waals surface area contributed by atoms with E-state index in [1.54, 1.807) is 6.33 Å². The second-order valence-corrected chi connectivity index (χ2v) is 5.23. The van der Waals surface area contributed by atoms with E-state index in [0.717, 1.165) is 11.4 Å². The molecule has 0 atom stereocenters. The molecule has 2 aromatic carbocycles. The second-order valence-electron chi connectivity index (χ2n) is 5.23. The van der Waals surface area contributed by atoms with Crippen LogP contribution in [0.25, 0.3) is 21.9 Å². The average Bonchev–Trinajstić information content (AvgIpc) is 2.99. The van der Waals surface area contributed by atoms with Crippen LogP contribution in [0.1, 0.15) is 0 Å². The molecule has 2 aromatic heterocycles. The van der Waals surface area contributed by atoms with E-state index in [9.17, 15) is 0 Å². The first-order valence-electron chi connectivity index (χ1n) is 7.34. The lowest BCUT2D eigenvalue weighted by Gasteiger charge is -2.08. The molecule has 0 bridgehead atoms. The Hall–Kier alpha value is -3.15. The fourth-order valence-corrected chi connectivity index (χ4v) is 2.58. The third-order valence-electron chi connectivity index (χ3n) is 3.75. The van der Waals surface area contributed by atoms with Crippen molar-refractivity contribution in [1.29, 1.82) is 0 Å². The first kappa shape index (κ1) is 13.5. The van der Waals surface area contributed by atoms with Crippen LogP contribution in [0, 0.1) is 0 Å². The van der Waals surface area contributed by atoms with Gasteiger partial charge in [0.15, 0.2) is 11.5 Å². The topological polar surface area (TPSA) is 78.9 Å². The lowest BCUT2D eigenvalue weighted by molar-refractivity contribution is 0.300. The molecule has 114 valence electrons. The number of nitrogens with two attached hydrogens (primary N) is 1. The van der Waals surface area contributed by atoms with Crippen molar-refractivity contribution < 1.29 is 4.74 Å². The summed E-state index contributed by atoms with van der Waals surface area (Å²) in [5.74, 6) is 1.24. The summed E-state index contributed by atoms with van der Waals surface area (Å²) in [7, 11) is 0. The molecule has 4 rings (SSSR count). The van der Waals surface area contributed by atoms with Gasteiger partial charge in [-0.15, -0.1) is 0 Å². The summed E-state index contributed by atoms with van der Waals surface area (Å²) in [6.07, 6.45) is 3.15. The van der Waals surface area contributed by atoms with Crippen LogP contribution < -0.4 is 10.5 Å². The van der Waals surface area contributed by atoms with E-state index in [0.29, 0.717) is 24.5 Å². The second kappa shape index (κ2) is 5.57. The maximum atomic E-state index is 5.84. The molecule has 0 saturated carbocycles. The molecular weight excluding hydrogens is 290 g/mol. The molecule has 6 heteroatoms. The summed E-state index contributed by atoms with van der Waals surface area (Å²) < 4.78 is 7.75. The van der Waals surface area contributed by atoms with Gasteiger partial charge in [-0.25, -0.2) is 15.0 Å². The Morgan fingerprint density at radius 1 is 1.00 bits per heavy atom. The van der Waals surface area contributed by atoms with Crippen molar-refractivity contribution in [2.75, 3.05) is 12.3 Å². The molecule has 0 aliphatic rings. The third kappa shape index (κ3) is 2.55. The zero-order valence-electron chi connectivity index (χ0n) is 12.4. The summed E-state index contributed by atoms with van der Waals surface area (Å²) in [5.41, 5.74) is 7.13. The van der Waals surface area contributed by atoms with Gasteiger partial charge in [0.1, 0.15) is 24.2 Å². The summed E-state index contributed by atoms with van der Waals surface area (Å²) in [6, 6.07) is 14.3. The molecular formula is C17H15N5O. The van der Waals surface area contributed by atoms with E-state index in [-0.39, 0.29) is 0 Å². The summed E-state index contributed by atoms with van der Waals surface area (Å²) in [6.45, 7) is 1.16. The number of imidazole rings is 1. The molecule has 0 amide bonds. The summed E-state index contributed by atoms with van der Waals surface area (Å²) >= 11 is 0. The fraction of sp³-hybridized carbons (Fsp3) is 0.118. The quantitative estimate of drug-likeness (QED) is 0.627. The molecule has 0 radical (unpaired) electrons. The Balaban J connectivity index is 1.49. The minimum atomic E-state index is 0.393. The Bertz CT molecular complexity index is 979. The standard InChI is InChI=1S/C17H15N5O/c18-16-15-17(20-10-19-16)22(11-21-15)7-8-23-14-6-5-12-3-1-2-4-13(12)9-14/h1-6,9-11H,7-8H2,(H2,18,19,20). The van der Waals surface area contributed by atoms with Crippen LogP contribution in [0.5, 0.6) is 5.75 Å². The lowest BCUT2D eigenvalue weighted by Crippen LogP contribution is -2.08. The van der Waals surface area contributed by atoms with Crippen molar-refractivity contribution in [2.45, 2.75) is 6.54 Å². The van der Waals surface area contributed by atoms with Crippen LogP contribution in [0.15, 0.2) is 55.1 Å². The lowest BCUT2D eigenvalue weighted by atomic mass is 10.1. The van der Waals surface area contributed by atoms with Crippen LogP contribution in [0.2, 0.25) is 0 Å². The average molecular weight is 305 g/mol. The van der Waals surface area contributed by atoms with Crippen molar-refractivity contribution in [2.24, 2.45) is 0 Å². The highest BCUT2D eigenvalue weighted by Gasteiger charge is 2.07. The van der Waals surface area contributed by atoms with Gasteiger partial charge < -0.3 is 15.0 Å². The van der Waals surface area contributed by atoms with E-state index < -0.39 is 0 Å². The van der Waals surface area contributed by atoms with Gasteiger partial charge in [-0.1, -0.05) is 30.3 Å². The molecule has 0 spiro atoms. The van der Waals surface area contributed by atoms with E-state index in [1.807, 2.05) is 28.8 Å². The Labute approximate surface area is 132 Å². The normalized spacial score (nSPS) is 11.1. The van der Waals surface area contributed by atoms with Gasteiger partial charge in [0, 0.05) is 0 Å². The van der Waals surface area contributed by atoms with Crippen LogP contribution >= 0.6 is 0 Å². The highest BCUT2D eigenvalue weighted by atomic mass is 16.5. The maximum Gasteiger partial charge on any atom is 0.165 e. The van der Waals surface area contributed by atoms with Crippen molar-refractivity contribution in [3.63, 3.8) is 0 Å². The Morgan fingerprint density at radius 2 is 1.87 bits per heavy atom. The first-order valence-corrected chi connectivity index (χ1v) is 7.34. The number of rotatable bonds is 4. The zero-order valence-corrected chi connectivity index (χ0v) is 12.4. The van der Waals surface area contributed by atoms with Gasteiger partial charge in [-0.05, 0) is 22.9 Å². The molecule has 2 heterocycles. The minimum absolute atomic E-state index is 0.393. The van der Waals surface area contributed by atoms with Crippen molar-refractivity contribution in [3.8, 4) is 5.75 Å². The van der Waals surface area contributed by atoms with E-state index in [1.165, 1.54) is 17.1 Å². The van der Waals surface area contributed by atoms with Gasteiger partial charge in [0.25, 0.3) is 0 Å². The van der Waals surface area contributed by atoms with Gasteiger partial charge in [-0.2, -0.15) is 0 Å². The van der Waals surface area contributed by atoms with Crippen LogP contribution in [0.3, 0.4) is 0 Å². The monoisotopic (exact) mass is 305 g/mol. The first-order chi connectivity index (χ1) is 11.3. The summed E-state index contributed by atoms with van der Waals surface area (Å²) in [5, 5.41) is 2.37. The fourth-order valence-electron chi connectivity index (χ4n) is 2.58. The number of hydrogen-bond acceptors (Lipinski definition) is 5. The number of ether oxygens (including phenoxy) is 1. The highest BCUT2D eigenvalue weighted by Crippen LogP contribution is 2.20. The molecule has 0 aliphatic carbocycles. The molecule has 6 nitrogen and oxygen atoms in total. The Morgan fingerprint density at radius 3 is 2.78 bits per heavy atom. The number of anilines is 1. The van der Waals surface area contributed by atoms with E-state index in [4.69, 9.17) is 10.5 Å². The van der Waals surface area contributed by atoms with Crippen molar-refractivity contribution in [3.05, 3.63) is 55.1 Å². The molecule has 0 fully saturated rings. The van der Waals surface area contributed by atoms with Gasteiger partial charge >= 0.3 is 0 Å². The highest BCUT2D eigenvalue weighted by molar-refractivity contribution is 5.83. The maximum absolute atomic E-state index is 5.84. The number of benzene rings is 2. The molecule has 0 aliphatic heterocycles. The third-order valence-corrected chi connectivity index (χ3v) is 3.75. The molecule has 4 aromatic rings. The molecule has 0 unspecified atom stereocenters. The summed E-state index contributed by atoms with van der Waals surface area (Å²) in [4.78, 5) is 12.4. The number of hydrogen-bond donors (Lipinski definition) is 1. The smallest absolute Gasteiger partial charge is 0.165 e. The molecule has 0 saturated heterocycles. The predicted octanol–water partition coefficient (Wildman–Crippen LogP) is 2.64. The van der Waals surface area contributed by atoms with E-state index in [2.05, 4.69) is 33.2 Å². The number of nitrogen functional groups attached to an aromatic ring is 1. The number of nitrogens with zero attached hydrogens (tertiary/aromatic N) is 4. The largest absolute Gasteiger partial charge is 0.492 e. The van der Waals surface area contributed by atoms with Crippen LogP contribution in [-0.2, 0) is 6.54 Å². The van der Waals surface area contributed by atoms with Gasteiger partial charge in [0.2, 0.25) is 0 Å². The minimum Gasteiger partial charge on any atom is -0.492 e. The van der Waals surface area contributed by atoms with Crippen LogP contribution in [-0.4, -0.2) is 26.1 Å². The van der Waals surface area contributed by atoms with Crippen molar-refractivity contribution in [1.82, 2.24) is 19.5 Å². The predicted molar refractivity (Wildman–Crippen MR) is 89.2 cm³/mol. The zero-order chi connectivity index (χ0) is 15.6. The van der Waals surface area contributed by atoms with Gasteiger partial charge in [0.05, 0.1) is 12.9 Å². The molecule has 23 heavy (non-hydrogen) atoms. The van der Waals surface area contributed by atoms with Gasteiger partial charge in [-0.3, -0.25) is 0 Å². The SMILES string of the molecule is Nc1ncnc2c1ncn2CCOc1ccc2ccccc2c1. The van der Waals surface area contributed by atoms with Crippen molar-refractivity contribution >= 4 is 27.8 Å². The number of aromatic nitrogens is 4. The van der Waals surface area contributed by atoms with E-state index >= 15 is 0 Å². The number of fused-ring (bicyclic) bond motifs is 2.